The first kappa shape index (κ1) is 19.3. The summed E-state index contributed by atoms with van der Waals surface area (Å²) in [5, 5.41) is 11.0. The Bertz CT molecular complexity index is 966. The third-order valence-electron chi connectivity index (χ3n) is 4.46. The van der Waals surface area contributed by atoms with Crippen molar-refractivity contribution in [1.82, 2.24) is 0 Å². The van der Waals surface area contributed by atoms with Crippen molar-refractivity contribution in [2.45, 2.75) is 12.0 Å². The molecule has 0 aromatic heterocycles. The molecule has 6 nitrogen and oxygen atoms in total. The van der Waals surface area contributed by atoms with Crippen LogP contribution in [0.1, 0.15) is 17.5 Å². The van der Waals surface area contributed by atoms with Gasteiger partial charge in [0.15, 0.2) is 11.4 Å². The molecule has 0 bridgehead atoms. The zero-order valence-electron chi connectivity index (χ0n) is 15.1. The van der Waals surface area contributed by atoms with E-state index in [0.29, 0.717) is 11.3 Å². The lowest BCUT2D eigenvalue weighted by atomic mass is 9.90. The lowest BCUT2D eigenvalue weighted by Gasteiger charge is -2.21. The summed E-state index contributed by atoms with van der Waals surface area (Å²) in [6.07, 6.45) is 5.99. The highest BCUT2D eigenvalue weighted by atomic mass is 16.3. The summed E-state index contributed by atoms with van der Waals surface area (Å²) in [7, 11) is 0. The largest absolute Gasteiger partial charge is 0.375 e. The maximum absolute atomic E-state index is 12.7. The van der Waals surface area contributed by atoms with Gasteiger partial charge in [0.1, 0.15) is 6.54 Å². The van der Waals surface area contributed by atoms with Gasteiger partial charge >= 0.3 is 0 Å². The van der Waals surface area contributed by atoms with Crippen molar-refractivity contribution < 1.29 is 19.5 Å². The number of benzene rings is 2. The summed E-state index contributed by atoms with van der Waals surface area (Å²) in [6, 6.07) is 16.1. The van der Waals surface area contributed by atoms with Crippen LogP contribution in [0.2, 0.25) is 0 Å². The Morgan fingerprint density at radius 2 is 1.71 bits per heavy atom. The molecule has 0 saturated heterocycles. The molecule has 0 unspecified atom stereocenters. The predicted molar refractivity (Wildman–Crippen MR) is 106 cm³/mol. The van der Waals surface area contributed by atoms with Crippen molar-refractivity contribution in [3.05, 3.63) is 84.0 Å². The maximum Gasteiger partial charge on any atom is 0.264 e. The predicted octanol–water partition coefficient (Wildman–Crippen LogP) is 1.93. The summed E-state index contributed by atoms with van der Waals surface area (Å²) in [5.41, 5.74) is 4.86. The third-order valence-corrected chi connectivity index (χ3v) is 4.46. The molecule has 1 heterocycles. The molecule has 1 atom stereocenters. The second-order valence-corrected chi connectivity index (χ2v) is 6.51. The lowest BCUT2D eigenvalue weighted by molar-refractivity contribution is -0.141. The number of carbonyl (C=O) groups excluding carboxylic acids is 3. The molecular weight excluding hydrogens is 356 g/mol. The molecule has 6 heteroatoms. The van der Waals surface area contributed by atoms with Crippen molar-refractivity contribution in [3.8, 4) is 0 Å². The molecule has 0 spiro atoms. The topological polar surface area (TPSA) is 101 Å². The first-order chi connectivity index (χ1) is 13.4. The van der Waals surface area contributed by atoms with Gasteiger partial charge in [-0.2, -0.15) is 0 Å². The fourth-order valence-electron chi connectivity index (χ4n) is 3.20. The van der Waals surface area contributed by atoms with Gasteiger partial charge in [0.2, 0.25) is 5.91 Å². The van der Waals surface area contributed by atoms with E-state index in [4.69, 9.17) is 5.73 Å². The van der Waals surface area contributed by atoms with E-state index >= 15 is 0 Å². The molecule has 28 heavy (non-hydrogen) atoms. The van der Waals surface area contributed by atoms with E-state index in [1.165, 1.54) is 6.08 Å². The van der Waals surface area contributed by atoms with Gasteiger partial charge in [0, 0.05) is 5.56 Å². The highest BCUT2D eigenvalue weighted by Crippen LogP contribution is 2.42. The van der Waals surface area contributed by atoms with Gasteiger partial charge < -0.3 is 10.8 Å². The molecular formula is C22H20N2O4. The Kier molecular flexibility index (Phi) is 5.52. The number of allylic oxidation sites excluding steroid dienone is 3. The van der Waals surface area contributed by atoms with Crippen LogP contribution in [0.25, 0.3) is 6.08 Å². The zero-order valence-corrected chi connectivity index (χ0v) is 15.1. The van der Waals surface area contributed by atoms with Gasteiger partial charge in [-0.05, 0) is 17.7 Å². The molecule has 3 N–H and O–H groups in total. The summed E-state index contributed by atoms with van der Waals surface area (Å²) in [5.74, 6) is -1.84. The van der Waals surface area contributed by atoms with E-state index in [0.717, 1.165) is 10.5 Å². The number of para-hydroxylation sites is 1. The van der Waals surface area contributed by atoms with Crippen LogP contribution in [0.3, 0.4) is 0 Å². The Morgan fingerprint density at radius 3 is 2.43 bits per heavy atom. The van der Waals surface area contributed by atoms with Gasteiger partial charge in [-0.3, -0.25) is 19.3 Å². The number of nitrogens with zero attached hydrogens (tertiary/aromatic N) is 1. The monoisotopic (exact) mass is 376 g/mol. The normalized spacial score (nSPS) is 18.8. The van der Waals surface area contributed by atoms with Crippen molar-refractivity contribution in [2.24, 2.45) is 5.73 Å². The highest BCUT2D eigenvalue weighted by Gasteiger charge is 2.50. The first-order valence-electron chi connectivity index (χ1n) is 8.76. The van der Waals surface area contributed by atoms with E-state index in [9.17, 15) is 19.5 Å². The quantitative estimate of drug-likeness (QED) is 0.570. The van der Waals surface area contributed by atoms with Crippen molar-refractivity contribution in [1.29, 1.82) is 0 Å². The van der Waals surface area contributed by atoms with E-state index in [2.05, 4.69) is 0 Å². The molecule has 0 fully saturated rings. The number of rotatable bonds is 7. The standard InChI is InChI=1S/C22H20N2O4/c23-20(26)15-24-19-13-7-6-12-18(19)22(28,21(24)27)14-17(25)11-5-4-10-16-8-2-1-3-9-16/h1-13,28H,14-15H2,(H2,23,26)/b10-4+,11-5-/t22-/m0/s1. The number of aliphatic hydroxyl groups is 1. The third kappa shape index (κ3) is 3.92. The van der Waals surface area contributed by atoms with Crippen molar-refractivity contribution in [3.63, 3.8) is 0 Å². The minimum absolute atomic E-state index is 0.294. The van der Waals surface area contributed by atoms with E-state index in [1.807, 2.05) is 36.4 Å². The van der Waals surface area contributed by atoms with Gasteiger partial charge in [-0.25, -0.2) is 0 Å². The first-order valence-corrected chi connectivity index (χ1v) is 8.76. The number of amides is 2. The number of ketones is 1. The molecule has 3 rings (SSSR count). The van der Waals surface area contributed by atoms with Crippen LogP contribution in [-0.2, 0) is 20.0 Å². The van der Waals surface area contributed by atoms with E-state index in [1.54, 1.807) is 36.4 Å². The molecule has 142 valence electrons. The van der Waals surface area contributed by atoms with Crippen molar-refractivity contribution >= 4 is 29.4 Å². The number of primary amides is 1. The molecule has 2 aromatic rings. The molecule has 2 amide bonds. The summed E-state index contributed by atoms with van der Waals surface area (Å²) in [6.45, 7) is -0.359. The van der Waals surface area contributed by atoms with Gasteiger partial charge in [0.05, 0.1) is 12.1 Å². The second kappa shape index (κ2) is 8.02. The van der Waals surface area contributed by atoms with Crippen LogP contribution in [0.5, 0.6) is 0 Å². The number of carbonyl (C=O) groups is 3. The highest BCUT2D eigenvalue weighted by molar-refractivity contribution is 6.11. The molecule has 1 aliphatic heterocycles. The molecule has 1 aliphatic rings. The smallest absolute Gasteiger partial charge is 0.264 e. The van der Waals surface area contributed by atoms with Crippen LogP contribution in [0.15, 0.2) is 72.8 Å². The van der Waals surface area contributed by atoms with Crippen LogP contribution in [0, 0.1) is 0 Å². The van der Waals surface area contributed by atoms with Crippen LogP contribution >= 0.6 is 0 Å². The minimum Gasteiger partial charge on any atom is -0.375 e. The average Bonchev–Trinajstić information content (AvgIpc) is 2.88. The summed E-state index contributed by atoms with van der Waals surface area (Å²) in [4.78, 5) is 37.5. The zero-order chi connectivity index (χ0) is 20.1. The Hall–Kier alpha value is -3.51. The molecule has 0 aliphatic carbocycles. The van der Waals surface area contributed by atoms with E-state index in [-0.39, 0.29) is 6.54 Å². The van der Waals surface area contributed by atoms with Crippen LogP contribution in [0.4, 0.5) is 5.69 Å². The Balaban J connectivity index is 1.76. The fourth-order valence-corrected chi connectivity index (χ4v) is 3.20. The van der Waals surface area contributed by atoms with E-state index < -0.39 is 29.6 Å². The molecule has 0 saturated carbocycles. The van der Waals surface area contributed by atoms with Crippen LogP contribution in [-0.4, -0.2) is 29.2 Å². The average molecular weight is 376 g/mol. The number of fused-ring (bicyclic) bond motifs is 1. The van der Waals surface area contributed by atoms with Gasteiger partial charge in [0.25, 0.3) is 5.91 Å². The lowest BCUT2D eigenvalue weighted by Crippen LogP contribution is -2.44. The number of hydrogen-bond donors (Lipinski definition) is 2. The summed E-state index contributed by atoms with van der Waals surface area (Å²) >= 11 is 0. The minimum atomic E-state index is -2.02. The number of nitrogens with two attached hydrogens (primary N) is 1. The Morgan fingerprint density at radius 1 is 1.04 bits per heavy atom. The number of hydrogen-bond acceptors (Lipinski definition) is 4. The SMILES string of the molecule is NC(=O)CN1C(=O)[C@](O)(CC(=O)/C=C\C=C\c2ccccc2)c2ccccc21. The molecule has 2 aromatic carbocycles. The Labute approximate surface area is 162 Å². The molecule has 0 radical (unpaired) electrons. The summed E-state index contributed by atoms with van der Waals surface area (Å²) < 4.78 is 0. The van der Waals surface area contributed by atoms with Gasteiger partial charge in [-0.1, -0.05) is 66.8 Å². The second-order valence-electron chi connectivity index (χ2n) is 6.51. The van der Waals surface area contributed by atoms with Crippen molar-refractivity contribution in [2.75, 3.05) is 11.4 Å². The van der Waals surface area contributed by atoms with Gasteiger partial charge in [-0.15, -0.1) is 0 Å². The number of anilines is 1. The fraction of sp³-hybridized carbons (Fsp3) is 0.136. The van der Waals surface area contributed by atoms with Crippen LogP contribution < -0.4 is 10.6 Å². The maximum atomic E-state index is 12.7.